The molecular weight excluding hydrogens is 424 g/mol. The second kappa shape index (κ2) is 7.20. The van der Waals surface area contributed by atoms with Crippen LogP contribution >= 0.6 is 11.6 Å². The number of carbonyl (C=O) groups excluding carboxylic acids is 1. The Balaban J connectivity index is 2.14. The van der Waals surface area contributed by atoms with Gasteiger partial charge in [-0.2, -0.15) is 26.3 Å². The first kappa shape index (κ1) is 22.4. The van der Waals surface area contributed by atoms with Crippen molar-refractivity contribution in [3.8, 4) is 0 Å². The molecule has 0 aliphatic heterocycles. The van der Waals surface area contributed by atoms with E-state index in [2.05, 4.69) is 0 Å². The Hall–Kier alpha value is -1.84. The molecule has 156 valence electrons. The highest BCUT2D eigenvalue weighted by Gasteiger charge is 2.62. The molecule has 2 rings (SSSR count). The average Bonchev–Trinajstić information content (AvgIpc) is 3.04. The number of allylic oxidation sites excluding steroid dienone is 2. The Morgan fingerprint density at radius 2 is 1.75 bits per heavy atom. The third-order valence-electron chi connectivity index (χ3n) is 4.59. The van der Waals surface area contributed by atoms with Gasteiger partial charge in [-0.05, 0) is 23.5 Å². The minimum Gasteiger partial charge on any atom is -0.460 e. The van der Waals surface area contributed by atoms with Crippen LogP contribution in [-0.2, 0) is 22.3 Å². The van der Waals surface area contributed by atoms with Crippen LogP contribution in [0, 0.1) is 28.9 Å². The van der Waals surface area contributed by atoms with Crippen LogP contribution in [-0.4, -0.2) is 12.1 Å². The highest BCUT2D eigenvalue weighted by atomic mass is 35.5. The predicted octanol–water partition coefficient (Wildman–Crippen LogP) is 5.98. The van der Waals surface area contributed by atoms with E-state index in [9.17, 15) is 39.9 Å². The molecule has 0 bridgehead atoms. The lowest BCUT2D eigenvalue weighted by molar-refractivity contribution is -0.147. The Bertz CT molecular complexity index is 811. The smallest absolute Gasteiger partial charge is 0.426 e. The number of alkyl halides is 6. The van der Waals surface area contributed by atoms with Gasteiger partial charge in [0.2, 0.25) is 0 Å². The largest absolute Gasteiger partial charge is 0.460 e. The van der Waals surface area contributed by atoms with E-state index in [1.165, 1.54) is 13.8 Å². The van der Waals surface area contributed by atoms with Crippen molar-refractivity contribution in [2.75, 3.05) is 0 Å². The van der Waals surface area contributed by atoms with Crippen LogP contribution in [0.15, 0.2) is 23.2 Å². The Morgan fingerprint density at radius 3 is 2.25 bits per heavy atom. The lowest BCUT2D eigenvalue weighted by Crippen LogP contribution is -2.15. The molecule has 11 heteroatoms. The van der Waals surface area contributed by atoms with Gasteiger partial charge in [0.15, 0.2) is 0 Å². The zero-order valence-electron chi connectivity index (χ0n) is 14.3. The van der Waals surface area contributed by atoms with Crippen molar-refractivity contribution in [2.45, 2.75) is 32.8 Å². The summed E-state index contributed by atoms with van der Waals surface area (Å²) in [5.41, 5.74) is -3.78. The molecule has 1 aromatic rings. The van der Waals surface area contributed by atoms with Gasteiger partial charge in [-0.25, -0.2) is 8.78 Å². The maximum atomic E-state index is 13.9. The van der Waals surface area contributed by atoms with E-state index in [1.54, 1.807) is 0 Å². The molecule has 1 aliphatic carbocycles. The fourth-order valence-electron chi connectivity index (χ4n) is 2.90. The second-order valence-electron chi connectivity index (χ2n) is 6.84. The number of ether oxygens (including phenoxy) is 1. The van der Waals surface area contributed by atoms with Gasteiger partial charge in [0.25, 0.3) is 0 Å². The molecule has 1 aliphatic rings. The number of esters is 1. The van der Waals surface area contributed by atoms with E-state index in [0.717, 1.165) is 0 Å². The van der Waals surface area contributed by atoms with Gasteiger partial charge in [-0.3, -0.25) is 4.79 Å². The first-order valence-corrected chi connectivity index (χ1v) is 8.11. The highest BCUT2D eigenvalue weighted by molar-refractivity contribution is 6.30. The van der Waals surface area contributed by atoms with Crippen LogP contribution in [0.2, 0.25) is 0 Å². The van der Waals surface area contributed by atoms with Gasteiger partial charge in [0.1, 0.15) is 28.8 Å². The normalized spacial score (nSPS) is 22.2. The summed E-state index contributed by atoms with van der Waals surface area (Å²) in [6.45, 7) is 2.01. The van der Waals surface area contributed by atoms with Crippen molar-refractivity contribution < 1.29 is 44.7 Å². The summed E-state index contributed by atoms with van der Waals surface area (Å²) in [5, 5.41) is -1.42. The van der Waals surface area contributed by atoms with E-state index in [1.807, 2.05) is 0 Å². The van der Waals surface area contributed by atoms with Gasteiger partial charge in [0, 0.05) is 5.56 Å². The number of hydrogen-bond donors (Lipinski definition) is 0. The van der Waals surface area contributed by atoms with Crippen LogP contribution < -0.4 is 0 Å². The van der Waals surface area contributed by atoms with Crippen molar-refractivity contribution in [1.29, 1.82) is 0 Å². The third kappa shape index (κ3) is 4.42. The van der Waals surface area contributed by atoms with Crippen LogP contribution in [0.3, 0.4) is 0 Å². The number of rotatable bonds is 4. The lowest BCUT2D eigenvalue weighted by atomic mass is 10.1. The third-order valence-corrected chi connectivity index (χ3v) is 4.93. The van der Waals surface area contributed by atoms with E-state index < -0.39 is 70.0 Å². The second-order valence-corrected chi connectivity index (χ2v) is 7.25. The van der Waals surface area contributed by atoms with Crippen LogP contribution in [0.25, 0.3) is 0 Å². The van der Waals surface area contributed by atoms with Crippen molar-refractivity contribution in [1.82, 2.24) is 0 Å². The summed E-state index contributed by atoms with van der Waals surface area (Å²) >= 11 is 5.15. The fourth-order valence-corrected chi connectivity index (χ4v) is 3.03. The molecule has 2 atom stereocenters. The molecule has 0 heterocycles. The highest BCUT2D eigenvalue weighted by Crippen LogP contribution is 2.60. The Kier molecular flexibility index (Phi) is 5.77. The van der Waals surface area contributed by atoms with Crippen molar-refractivity contribution in [2.24, 2.45) is 17.3 Å². The maximum Gasteiger partial charge on any atom is 0.426 e. The topological polar surface area (TPSA) is 26.3 Å². The zero-order valence-corrected chi connectivity index (χ0v) is 15.1. The summed E-state index contributed by atoms with van der Waals surface area (Å²) in [6.07, 6.45) is -9.43. The fraction of sp³-hybridized carbons (Fsp3) is 0.471. The van der Waals surface area contributed by atoms with Gasteiger partial charge in [-0.15, -0.1) is 0 Å². The number of hydrogen-bond acceptors (Lipinski definition) is 2. The van der Waals surface area contributed by atoms with Gasteiger partial charge in [0.05, 0.1) is 5.92 Å². The molecule has 0 N–H and O–H groups in total. The zero-order chi connectivity index (χ0) is 21.7. The van der Waals surface area contributed by atoms with E-state index in [4.69, 9.17) is 16.3 Å². The molecule has 1 fully saturated rings. The van der Waals surface area contributed by atoms with Gasteiger partial charge >= 0.3 is 18.3 Å². The Labute approximate surface area is 159 Å². The summed E-state index contributed by atoms with van der Waals surface area (Å²) in [4.78, 5) is 12.1. The summed E-state index contributed by atoms with van der Waals surface area (Å²) in [5.74, 6) is -6.75. The maximum absolute atomic E-state index is 13.9. The first-order valence-electron chi connectivity index (χ1n) is 7.73. The van der Waals surface area contributed by atoms with Crippen molar-refractivity contribution in [3.63, 3.8) is 0 Å². The summed E-state index contributed by atoms with van der Waals surface area (Å²) in [6, 6.07) is 1.06. The molecule has 0 aromatic heterocycles. The molecule has 0 amide bonds. The molecule has 1 saturated carbocycles. The molecule has 28 heavy (non-hydrogen) atoms. The number of carbonyl (C=O) groups is 1. The molecule has 0 radical (unpaired) electrons. The number of halogens is 9. The SMILES string of the molecule is CC1(C)C(/C=C(\Cl)C(F)(F)F)C1C(=O)OCc1ccc(F)c(C(F)(F)F)c1F. The molecule has 0 spiro atoms. The van der Waals surface area contributed by atoms with E-state index in [0.29, 0.717) is 18.2 Å². The van der Waals surface area contributed by atoms with Crippen molar-refractivity contribution in [3.05, 3.63) is 46.0 Å². The van der Waals surface area contributed by atoms with Crippen LogP contribution in [0.1, 0.15) is 25.0 Å². The van der Waals surface area contributed by atoms with Crippen LogP contribution in [0.4, 0.5) is 35.1 Å². The Morgan fingerprint density at radius 1 is 1.18 bits per heavy atom. The first-order chi connectivity index (χ1) is 12.6. The molecule has 1 aromatic carbocycles. The van der Waals surface area contributed by atoms with Crippen LogP contribution in [0.5, 0.6) is 0 Å². The molecular formula is C17H13ClF8O2. The summed E-state index contributed by atoms with van der Waals surface area (Å²) < 4.78 is 108. The standard InChI is InChI=1S/C17H13ClF8O2/c1-15(2)8(5-10(18)16(21,22)23)11(15)14(27)28-6-7-3-4-9(19)12(13(7)20)17(24,25)26/h3-5,8,11H,6H2,1-2H3/b10-5-. The molecule has 2 unspecified atom stereocenters. The molecule has 0 saturated heterocycles. The summed E-state index contributed by atoms with van der Waals surface area (Å²) in [7, 11) is 0. The lowest BCUT2D eigenvalue weighted by Gasteiger charge is -2.13. The van der Waals surface area contributed by atoms with Gasteiger partial charge in [-0.1, -0.05) is 31.5 Å². The van der Waals surface area contributed by atoms with Crippen molar-refractivity contribution >= 4 is 17.6 Å². The van der Waals surface area contributed by atoms with E-state index in [-0.39, 0.29) is 0 Å². The molecule has 2 nitrogen and oxygen atoms in total. The minimum absolute atomic E-state index is 0.380. The monoisotopic (exact) mass is 436 g/mol. The van der Waals surface area contributed by atoms with E-state index >= 15 is 0 Å². The average molecular weight is 437 g/mol. The minimum atomic E-state index is -5.29. The number of benzene rings is 1. The van der Waals surface area contributed by atoms with Gasteiger partial charge < -0.3 is 4.74 Å². The quantitative estimate of drug-likeness (QED) is 0.428. The predicted molar refractivity (Wildman–Crippen MR) is 81.9 cm³/mol.